The summed E-state index contributed by atoms with van der Waals surface area (Å²) in [5.41, 5.74) is -0.680. The molecule has 5 nitrogen and oxygen atoms in total. The van der Waals surface area contributed by atoms with Crippen LogP contribution in [-0.4, -0.2) is 34.8 Å². The van der Waals surface area contributed by atoms with E-state index in [-0.39, 0.29) is 17.7 Å². The highest BCUT2D eigenvalue weighted by atomic mass is 16.2. The summed E-state index contributed by atoms with van der Waals surface area (Å²) in [7, 11) is 0. The zero-order valence-corrected chi connectivity index (χ0v) is 12.4. The molecule has 0 bridgehead atoms. The van der Waals surface area contributed by atoms with E-state index in [4.69, 9.17) is 0 Å². The van der Waals surface area contributed by atoms with Crippen LogP contribution in [0.5, 0.6) is 0 Å². The Labute approximate surface area is 125 Å². The van der Waals surface area contributed by atoms with Crippen molar-refractivity contribution >= 4 is 11.8 Å². The Balaban J connectivity index is 1.61. The van der Waals surface area contributed by atoms with Crippen LogP contribution < -0.4 is 5.32 Å². The van der Waals surface area contributed by atoms with Gasteiger partial charge < -0.3 is 10.2 Å². The molecule has 1 aliphatic heterocycles. The predicted molar refractivity (Wildman–Crippen MR) is 77.0 cm³/mol. The van der Waals surface area contributed by atoms with Gasteiger partial charge in [-0.25, -0.2) is 0 Å². The van der Waals surface area contributed by atoms with E-state index in [1.807, 2.05) is 4.90 Å². The SMILES string of the molecule is N#CC1(NC(=O)[C@@H]2CC(=O)N(C3CCCC3)C2)CCCC1. The molecule has 3 aliphatic rings. The molecular formula is C16H23N3O2. The van der Waals surface area contributed by atoms with E-state index in [1.54, 1.807) is 0 Å². The van der Waals surface area contributed by atoms with Gasteiger partial charge in [0.25, 0.3) is 0 Å². The highest BCUT2D eigenvalue weighted by molar-refractivity contribution is 5.90. The summed E-state index contributed by atoms with van der Waals surface area (Å²) in [6.07, 6.45) is 8.28. The zero-order chi connectivity index (χ0) is 14.9. The largest absolute Gasteiger partial charge is 0.339 e. The van der Waals surface area contributed by atoms with Crippen molar-refractivity contribution in [2.45, 2.75) is 69.4 Å². The van der Waals surface area contributed by atoms with E-state index in [0.717, 1.165) is 38.5 Å². The van der Waals surface area contributed by atoms with Crippen molar-refractivity contribution in [3.05, 3.63) is 0 Å². The van der Waals surface area contributed by atoms with Crippen LogP contribution in [0.15, 0.2) is 0 Å². The molecule has 3 fully saturated rings. The molecule has 2 amide bonds. The fraction of sp³-hybridized carbons (Fsp3) is 0.812. The number of hydrogen-bond donors (Lipinski definition) is 1. The van der Waals surface area contributed by atoms with Gasteiger partial charge in [-0.1, -0.05) is 12.8 Å². The average Bonchev–Trinajstić information content (AvgIpc) is 3.18. The molecule has 2 aliphatic carbocycles. The van der Waals surface area contributed by atoms with E-state index >= 15 is 0 Å². The van der Waals surface area contributed by atoms with Gasteiger partial charge in [0.15, 0.2) is 0 Å². The van der Waals surface area contributed by atoms with Crippen molar-refractivity contribution in [1.29, 1.82) is 5.26 Å². The Morgan fingerprint density at radius 1 is 1.24 bits per heavy atom. The van der Waals surface area contributed by atoms with Crippen LogP contribution in [0.25, 0.3) is 0 Å². The second kappa shape index (κ2) is 5.67. The third kappa shape index (κ3) is 2.76. The summed E-state index contributed by atoms with van der Waals surface area (Å²) >= 11 is 0. The number of nitriles is 1. The molecule has 0 aromatic carbocycles. The topological polar surface area (TPSA) is 73.2 Å². The summed E-state index contributed by atoms with van der Waals surface area (Å²) in [6, 6.07) is 2.62. The van der Waals surface area contributed by atoms with Crippen molar-refractivity contribution in [3.8, 4) is 6.07 Å². The van der Waals surface area contributed by atoms with Crippen molar-refractivity contribution in [1.82, 2.24) is 10.2 Å². The molecule has 1 saturated heterocycles. The van der Waals surface area contributed by atoms with E-state index in [2.05, 4.69) is 11.4 Å². The minimum atomic E-state index is -0.680. The lowest BCUT2D eigenvalue weighted by Crippen LogP contribution is -2.48. The van der Waals surface area contributed by atoms with Crippen LogP contribution in [0.4, 0.5) is 0 Å². The molecule has 0 aromatic rings. The first-order valence-electron chi connectivity index (χ1n) is 8.16. The Hall–Kier alpha value is -1.57. The van der Waals surface area contributed by atoms with Gasteiger partial charge in [0, 0.05) is 19.0 Å². The second-order valence-corrected chi connectivity index (χ2v) is 6.78. The summed E-state index contributed by atoms with van der Waals surface area (Å²) in [6.45, 7) is 0.539. The van der Waals surface area contributed by atoms with Crippen LogP contribution in [0.2, 0.25) is 0 Å². The number of rotatable bonds is 3. The van der Waals surface area contributed by atoms with Crippen molar-refractivity contribution in [2.24, 2.45) is 5.92 Å². The number of amides is 2. The van der Waals surface area contributed by atoms with E-state index in [1.165, 1.54) is 12.8 Å². The highest BCUT2D eigenvalue weighted by Gasteiger charge is 2.42. The Morgan fingerprint density at radius 2 is 1.90 bits per heavy atom. The third-order valence-electron chi connectivity index (χ3n) is 5.33. The Bertz CT molecular complexity index is 470. The van der Waals surface area contributed by atoms with Gasteiger partial charge in [-0.2, -0.15) is 5.26 Å². The molecule has 5 heteroatoms. The van der Waals surface area contributed by atoms with Crippen LogP contribution in [-0.2, 0) is 9.59 Å². The minimum Gasteiger partial charge on any atom is -0.339 e. The van der Waals surface area contributed by atoms with Gasteiger partial charge in [0.05, 0.1) is 12.0 Å². The molecule has 1 heterocycles. The number of likely N-dealkylation sites (tertiary alicyclic amines) is 1. The van der Waals surface area contributed by atoms with Crippen LogP contribution in [0.3, 0.4) is 0 Å². The Kier molecular flexibility index (Phi) is 3.88. The number of carbonyl (C=O) groups is 2. The van der Waals surface area contributed by atoms with E-state index in [9.17, 15) is 14.9 Å². The number of nitrogens with zero attached hydrogens (tertiary/aromatic N) is 2. The smallest absolute Gasteiger partial charge is 0.226 e. The van der Waals surface area contributed by atoms with Crippen molar-refractivity contribution in [3.63, 3.8) is 0 Å². The summed E-state index contributed by atoms with van der Waals surface area (Å²) < 4.78 is 0. The van der Waals surface area contributed by atoms with E-state index < -0.39 is 5.54 Å². The standard InChI is InChI=1S/C16H23N3O2/c17-11-16(7-3-4-8-16)18-15(21)12-9-14(20)19(10-12)13-5-1-2-6-13/h12-13H,1-10H2,(H,18,21)/t12-/m1/s1. The predicted octanol–water partition coefficient (Wildman–Crippen LogP) is 1.73. The Morgan fingerprint density at radius 3 is 2.52 bits per heavy atom. The molecule has 114 valence electrons. The van der Waals surface area contributed by atoms with Crippen molar-refractivity contribution < 1.29 is 9.59 Å². The molecule has 0 spiro atoms. The summed E-state index contributed by atoms with van der Waals surface area (Å²) in [4.78, 5) is 26.5. The zero-order valence-electron chi connectivity index (χ0n) is 12.4. The van der Waals surface area contributed by atoms with Gasteiger partial charge in [-0.05, 0) is 38.5 Å². The molecule has 1 atom stereocenters. The molecule has 3 rings (SSSR count). The highest BCUT2D eigenvalue weighted by Crippen LogP contribution is 2.32. The maximum Gasteiger partial charge on any atom is 0.226 e. The third-order valence-corrected chi connectivity index (χ3v) is 5.33. The first-order valence-corrected chi connectivity index (χ1v) is 8.16. The lowest BCUT2D eigenvalue weighted by molar-refractivity contribution is -0.130. The van der Waals surface area contributed by atoms with E-state index in [0.29, 0.717) is 19.0 Å². The van der Waals surface area contributed by atoms with Crippen LogP contribution in [0.1, 0.15) is 57.8 Å². The van der Waals surface area contributed by atoms with Gasteiger partial charge in [0.1, 0.15) is 5.54 Å². The fourth-order valence-electron chi connectivity index (χ4n) is 4.06. The van der Waals surface area contributed by atoms with Gasteiger partial charge in [0.2, 0.25) is 11.8 Å². The van der Waals surface area contributed by atoms with Gasteiger partial charge in [-0.3, -0.25) is 9.59 Å². The quantitative estimate of drug-likeness (QED) is 0.860. The summed E-state index contributed by atoms with van der Waals surface area (Å²) in [5, 5.41) is 12.3. The molecule has 2 saturated carbocycles. The fourth-order valence-corrected chi connectivity index (χ4v) is 4.06. The molecule has 1 N–H and O–H groups in total. The maximum absolute atomic E-state index is 12.4. The van der Waals surface area contributed by atoms with Crippen LogP contribution in [0, 0.1) is 17.2 Å². The van der Waals surface area contributed by atoms with Crippen molar-refractivity contribution in [2.75, 3.05) is 6.54 Å². The summed E-state index contributed by atoms with van der Waals surface area (Å²) in [5.74, 6) is -0.268. The lowest BCUT2D eigenvalue weighted by Gasteiger charge is -2.26. The normalized spacial score (nSPS) is 28.8. The van der Waals surface area contributed by atoms with Crippen LogP contribution >= 0.6 is 0 Å². The second-order valence-electron chi connectivity index (χ2n) is 6.78. The minimum absolute atomic E-state index is 0.104. The number of nitrogens with one attached hydrogen (secondary N) is 1. The molecule has 0 radical (unpaired) electrons. The molecule has 0 unspecified atom stereocenters. The average molecular weight is 289 g/mol. The first kappa shape index (κ1) is 14.4. The molecular weight excluding hydrogens is 266 g/mol. The number of carbonyl (C=O) groups excluding carboxylic acids is 2. The monoisotopic (exact) mass is 289 g/mol. The first-order chi connectivity index (χ1) is 10.1. The molecule has 0 aromatic heterocycles. The maximum atomic E-state index is 12.4. The molecule has 21 heavy (non-hydrogen) atoms. The van der Waals surface area contributed by atoms with Gasteiger partial charge in [-0.15, -0.1) is 0 Å². The van der Waals surface area contributed by atoms with Gasteiger partial charge >= 0.3 is 0 Å². The number of hydrogen-bond acceptors (Lipinski definition) is 3. The lowest BCUT2D eigenvalue weighted by atomic mass is 9.97.